The van der Waals surface area contributed by atoms with Crippen LogP contribution in [0.15, 0.2) is 72.8 Å². The van der Waals surface area contributed by atoms with Crippen LogP contribution in [0.4, 0.5) is 0 Å². The highest BCUT2D eigenvalue weighted by Crippen LogP contribution is 2.23. The van der Waals surface area contributed by atoms with Crippen molar-refractivity contribution in [2.45, 2.75) is 84.1 Å². The van der Waals surface area contributed by atoms with Gasteiger partial charge in [0.05, 0.1) is 12.7 Å². The number of benzene rings is 3. The van der Waals surface area contributed by atoms with E-state index in [9.17, 15) is 14.4 Å². The quantitative estimate of drug-likeness (QED) is 0.170. The predicted octanol–water partition coefficient (Wildman–Crippen LogP) is 5.42. The number of fused-ring (bicyclic) bond motifs is 1. The summed E-state index contributed by atoms with van der Waals surface area (Å²) >= 11 is 0. The number of rotatable bonds is 17. The highest BCUT2D eigenvalue weighted by molar-refractivity contribution is 5.93. The summed E-state index contributed by atoms with van der Waals surface area (Å²) in [7, 11) is 0. The van der Waals surface area contributed by atoms with Crippen molar-refractivity contribution in [2.75, 3.05) is 26.2 Å². The summed E-state index contributed by atoms with van der Waals surface area (Å²) in [6.07, 6.45) is 4.07. The Kier molecular flexibility index (Phi) is 15.5. The van der Waals surface area contributed by atoms with E-state index in [0.29, 0.717) is 32.5 Å². The van der Waals surface area contributed by atoms with E-state index in [2.05, 4.69) is 40.2 Å². The fourth-order valence-corrected chi connectivity index (χ4v) is 5.98. The first-order valence-electron chi connectivity index (χ1n) is 16.6. The first-order valence-corrected chi connectivity index (χ1v) is 16.6. The van der Waals surface area contributed by atoms with Crippen molar-refractivity contribution in [3.63, 3.8) is 0 Å². The Balaban J connectivity index is 0.00000576. The number of halogens is 1. The van der Waals surface area contributed by atoms with Gasteiger partial charge >= 0.3 is 0 Å². The minimum Gasteiger partial charge on any atom is -0.373 e. The van der Waals surface area contributed by atoms with Gasteiger partial charge in [0.2, 0.25) is 17.7 Å². The average molecular weight is 651 g/mol. The zero-order valence-corrected chi connectivity index (χ0v) is 28.3. The van der Waals surface area contributed by atoms with Crippen LogP contribution in [-0.2, 0) is 32.1 Å². The maximum atomic E-state index is 13.6. The molecule has 1 aliphatic rings. The molecule has 0 bridgehead atoms. The van der Waals surface area contributed by atoms with Crippen LogP contribution in [0, 0.1) is 5.92 Å². The number of nitrogens with zero attached hydrogens (tertiary/aromatic N) is 1. The third-order valence-electron chi connectivity index (χ3n) is 8.70. The number of carbonyl (C=O) groups is 3. The lowest BCUT2D eigenvalue weighted by atomic mass is 10.00. The molecule has 46 heavy (non-hydrogen) atoms. The molecule has 8 nitrogen and oxygen atoms in total. The highest BCUT2D eigenvalue weighted by Gasteiger charge is 2.37. The molecule has 3 atom stereocenters. The molecule has 9 heteroatoms. The van der Waals surface area contributed by atoms with Crippen LogP contribution >= 0.6 is 12.4 Å². The van der Waals surface area contributed by atoms with Gasteiger partial charge < -0.3 is 25.6 Å². The van der Waals surface area contributed by atoms with Crippen LogP contribution in [0.1, 0.15) is 64.0 Å². The molecule has 0 radical (unpaired) electrons. The van der Waals surface area contributed by atoms with E-state index in [1.54, 1.807) is 4.90 Å². The number of carbonyl (C=O) groups excluding carboxylic acids is 3. The van der Waals surface area contributed by atoms with Gasteiger partial charge in [0.1, 0.15) is 12.1 Å². The lowest BCUT2D eigenvalue weighted by Crippen LogP contribution is -2.54. The van der Waals surface area contributed by atoms with Crippen molar-refractivity contribution < 1.29 is 19.1 Å². The van der Waals surface area contributed by atoms with Crippen molar-refractivity contribution in [3.8, 4) is 0 Å². The first-order chi connectivity index (χ1) is 21.9. The van der Waals surface area contributed by atoms with Crippen molar-refractivity contribution in [1.29, 1.82) is 0 Å². The molecule has 1 heterocycles. The second kappa shape index (κ2) is 19.3. The second-order valence-electron chi connectivity index (χ2n) is 12.1. The summed E-state index contributed by atoms with van der Waals surface area (Å²) in [6, 6.07) is 23.1. The number of ether oxygens (including phenoxy) is 1. The highest BCUT2D eigenvalue weighted by atomic mass is 35.5. The first kappa shape index (κ1) is 37.0. The summed E-state index contributed by atoms with van der Waals surface area (Å²) in [5, 5.41) is 11.7. The maximum absolute atomic E-state index is 13.6. The predicted molar refractivity (Wildman–Crippen MR) is 187 cm³/mol. The molecule has 3 amide bonds. The van der Waals surface area contributed by atoms with E-state index in [-0.39, 0.29) is 42.2 Å². The second-order valence-corrected chi connectivity index (χ2v) is 12.1. The van der Waals surface area contributed by atoms with Crippen LogP contribution in [0.2, 0.25) is 0 Å². The van der Waals surface area contributed by atoms with Gasteiger partial charge in [0.25, 0.3) is 0 Å². The van der Waals surface area contributed by atoms with E-state index < -0.39 is 12.1 Å². The van der Waals surface area contributed by atoms with E-state index in [1.165, 1.54) is 0 Å². The van der Waals surface area contributed by atoms with Crippen LogP contribution in [-0.4, -0.2) is 67.0 Å². The van der Waals surface area contributed by atoms with Crippen molar-refractivity contribution >= 4 is 40.9 Å². The standard InChI is InChI=1S/C37H50N4O4.ClH/c1-4-30(5-2)37(44)41-22-11-17-34(41)36(43)40-33(24-29-18-19-31-15-9-10-16-32(31)23-29)35(42)39-21-12-20-38-25-27(3)45-26-28-13-7-6-8-14-28;/h6-10,13-16,18-19,23,27,30,33-34,38H,4-5,11-12,17,20-22,24-26H2,1-3H3,(H,39,42)(H,40,43);1H/t27-,33-,34?;/m1./s1. The van der Waals surface area contributed by atoms with Crippen molar-refractivity contribution in [3.05, 3.63) is 83.9 Å². The molecule has 3 aromatic carbocycles. The lowest BCUT2D eigenvalue weighted by Gasteiger charge is -2.29. The molecule has 0 aromatic heterocycles. The van der Waals surface area contributed by atoms with Crippen LogP contribution < -0.4 is 16.0 Å². The third kappa shape index (κ3) is 10.8. The largest absolute Gasteiger partial charge is 0.373 e. The fraction of sp³-hybridized carbons (Fsp3) is 0.486. The summed E-state index contributed by atoms with van der Waals surface area (Å²) in [6.45, 7) is 9.16. The summed E-state index contributed by atoms with van der Waals surface area (Å²) < 4.78 is 5.92. The molecular weight excluding hydrogens is 600 g/mol. The topological polar surface area (TPSA) is 99.8 Å². The van der Waals surface area contributed by atoms with Gasteiger partial charge in [-0.15, -0.1) is 12.4 Å². The Labute approximate surface area is 280 Å². The average Bonchev–Trinajstić information content (AvgIpc) is 3.56. The SMILES string of the molecule is CCC(CC)C(=O)N1CCCC1C(=O)N[C@H](Cc1ccc2ccccc2c1)C(=O)NCCCNC[C@@H](C)OCc1ccccc1.Cl. The maximum Gasteiger partial charge on any atom is 0.243 e. The number of hydrogen-bond acceptors (Lipinski definition) is 5. The zero-order chi connectivity index (χ0) is 32.0. The number of hydrogen-bond donors (Lipinski definition) is 3. The lowest BCUT2D eigenvalue weighted by molar-refractivity contribution is -0.142. The summed E-state index contributed by atoms with van der Waals surface area (Å²) in [4.78, 5) is 42.0. The smallest absolute Gasteiger partial charge is 0.243 e. The molecular formula is C37H51ClN4O4. The Hall–Kier alpha value is -3.46. The van der Waals surface area contributed by atoms with E-state index in [0.717, 1.165) is 60.7 Å². The molecule has 4 rings (SSSR count). The Morgan fingerprint density at radius 3 is 2.37 bits per heavy atom. The summed E-state index contributed by atoms with van der Waals surface area (Å²) in [5.41, 5.74) is 2.12. The minimum absolute atomic E-state index is 0. The molecule has 1 unspecified atom stereocenters. The Morgan fingerprint density at radius 1 is 0.913 bits per heavy atom. The van der Waals surface area contributed by atoms with Gasteiger partial charge in [-0.25, -0.2) is 0 Å². The van der Waals surface area contributed by atoms with Gasteiger partial charge in [-0.3, -0.25) is 14.4 Å². The van der Waals surface area contributed by atoms with E-state index in [4.69, 9.17) is 4.74 Å². The fourth-order valence-electron chi connectivity index (χ4n) is 5.98. The third-order valence-corrected chi connectivity index (χ3v) is 8.70. The molecule has 3 N–H and O–H groups in total. The number of likely N-dealkylation sites (tertiary alicyclic amines) is 1. The van der Waals surface area contributed by atoms with Gasteiger partial charge in [-0.2, -0.15) is 0 Å². The van der Waals surface area contributed by atoms with E-state index >= 15 is 0 Å². The minimum atomic E-state index is -0.747. The van der Waals surface area contributed by atoms with Gasteiger partial charge in [0, 0.05) is 32.0 Å². The molecule has 0 spiro atoms. The molecule has 1 saturated heterocycles. The Morgan fingerprint density at radius 2 is 1.63 bits per heavy atom. The van der Waals surface area contributed by atoms with Crippen LogP contribution in [0.3, 0.4) is 0 Å². The number of nitrogens with one attached hydrogen (secondary N) is 3. The summed E-state index contributed by atoms with van der Waals surface area (Å²) in [5.74, 6) is -0.506. The van der Waals surface area contributed by atoms with E-state index in [1.807, 2.05) is 69.3 Å². The molecule has 0 aliphatic carbocycles. The van der Waals surface area contributed by atoms with Crippen molar-refractivity contribution in [2.24, 2.45) is 5.92 Å². The normalized spacial score (nSPS) is 15.7. The molecule has 3 aromatic rings. The van der Waals surface area contributed by atoms with Crippen LogP contribution in [0.5, 0.6) is 0 Å². The molecule has 0 saturated carbocycles. The Bertz CT molecular complexity index is 1380. The van der Waals surface area contributed by atoms with Gasteiger partial charge in [0.15, 0.2) is 0 Å². The molecule has 1 aliphatic heterocycles. The van der Waals surface area contributed by atoms with Gasteiger partial charge in [-0.1, -0.05) is 86.6 Å². The molecule has 1 fully saturated rings. The van der Waals surface area contributed by atoms with Crippen LogP contribution in [0.25, 0.3) is 10.8 Å². The van der Waals surface area contributed by atoms with Gasteiger partial charge in [-0.05, 0) is 67.5 Å². The monoisotopic (exact) mass is 650 g/mol. The number of amides is 3. The molecule has 250 valence electrons. The van der Waals surface area contributed by atoms with Crippen molar-refractivity contribution in [1.82, 2.24) is 20.9 Å². The zero-order valence-electron chi connectivity index (χ0n) is 27.5.